The van der Waals surface area contributed by atoms with Gasteiger partial charge >= 0.3 is 0 Å². The van der Waals surface area contributed by atoms with Crippen LogP contribution in [0.15, 0.2) is 12.1 Å². The first-order valence-electron chi connectivity index (χ1n) is 7.36. The molecule has 19 heavy (non-hydrogen) atoms. The summed E-state index contributed by atoms with van der Waals surface area (Å²) >= 11 is 0. The predicted octanol–water partition coefficient (Wildman–Crippen LogP) is 3.17. The van der Waals surface area contributed by atoms with Gasteiger partial charge in [0.2, 0.25) is 0 Å². The van der Waals surface area contributed by atoms with Crippen molar-refractivity contribution in [2.75, 3.05) is 0 Å². The van der Waals surface area contributed by atoms with E-state index in [0.29, 0.717) is 17.6 Å². The molecule has 0 aliphatic heterocycles. The molecular weight excluding hydrogens is 234 g/mol. The lowest BCUT2D eigenvalue weighted by Crippen LogP contribution is -2.40. The Bertz CT molecular complexity index is 532. The maximum Gasteiger partial charge on any atom is 0.168 e. The Hall–Kier alpha value is -1.15. The molecule has 1 aromatic carbocycles. The molecule has 2 bridgehead atoms. The monoisotopic (exact) mass is 257 g/mol. The van der Waals surface area contributed by atoms with E-state index in [-0.39, 0.29) is 12.0 Å². The van der Waals surface area contributed by atoms with Crippen LogP contribution in [0.25, 0.3) is 0 Å². The van der Waals surface area contributed by atoms with E-state index in [2.05, 4.69) is 26.0 Å². The van der Waals surface area contributed by atoms with Crippen LogP contribution in [-0.4, -0.2) is 11.8 Å². The highest BCUT2D eigenvalue weighted by Crippen LogP contribution is 2.48. The average molecular weight is 257 g/mol. The number of ketones is 1. The van der Waals surface area contributed by atoms with Gasteiger partial charge in [-0.25, -0.2) is 0 Å². The smallest absolute Gasteiger partial charge is 0.168 e. The molecule has 2 N–H and O–H groups in total. The fourth-order valence-electron chi connectivity index (χ4n) is 4.13. The highest BCUT2D eigenvalue weighted by molar-refractivity contribution is 6.00. The number of Topliss-reactive ketones (excluding diaryl/α,β-unsaturated/α-hetero) is 1. The van der Waals surface area contributed by atoms with Gasteiger partial charge in [0.15, 0.2) is 5.78 Å². The summed E-state index contributed by atoms with van der Waals surface area (Å²) in [6.07, 6.45) is 3.58. The zero-order chi connectivity index (χ0) is 13.7. The second kappa shape index (κ2) is 4.45. The van der Waals surface area contributed by atoms with Gasteiger partial charge < -0.3 is 5.73 Å². The van der Waals surface area contributed by atoms with Crippen molar-refractivity contribution in [3.63, 3.8) is 0 Å². The van der Waals surface area contributed by atoms with Gasteiger partial charge in [-0.2, -0.15) is 0 Å². The molecule has 2 aliphatic rings. The van der Waals surface area contributed by atoms with E-state index in [1.807, 2.05) is 6.92 Å². The predicted molar refractivity (Wildman–Crippen MR) is 77.3 cm³/mol. The molecule has 2 nitrogen and oxygen atoms in total. The zero-order valence-corrected chi connectivity index (χ0v) is 12.1. The number of fused-ring (bicyclic) bond motifs is 2. The minimum atomic E-state index is 0.0690. The number of aryl methyl sites for hydroxylation is 3. The standard InChI is InChI=1S/C17H23NO/c1-9-6-11(3)14(7-10(9)2)17(19)15-12-4-5-13(8-12)16(15)18/h6-7,12-13,15-16H,4-5,8,18H2,1-3H3. The largest absolute Gasteiger partial charge is 0.327 e. The van der Waals surface area contributed by atoms with Gasteiger partial charge in [0.05, 0.1) is 0 Å². The van der Waals surface area contributed by atoms with Gasteiger partial charge in [-0.05, 0) is 74.6 Å². The molecule has 4 unspecified atom stereocenters. The van der Waals surface area contributed by atoms with Crippen molar-refractivity contribution < 1.29 is 4.79 Å². The summed E-state index contributed by atoms with van der Waals surface area (Å²) in [7, 11) is 0. The SMILES string of the molecule is Cc1cc(C)c(C(=O)C2C3CCC(C3)C2N)cc1C. The third-order valence-corrected chi connectivity index (χ3v) is 5.39. The van der Waals surface area contributed by atoms with Crippen LogP contribution in [0.3, 0.4) is 0 Å². The number of benzene rings is 1. The van der Waals surface area contributed by atoms with Gasteiger partial charge in [0.25, 0.3) is 0 Å². The van der Waals surface area contributed by atoms with Crippen molar-refractivity contribution in [2.45, 2.75) is 46.1 Å². The Morgan fingerprint density at radius 1 is 1.05 bits per heavy atom. The van der Waals surface area contributed by atoms with Crippen LogP contribution in [0, 0.1) is 38.5 Å². The molecule has 2 aliphatic carbocycles. The topological polar surface area (TPSA) is 43.1 Å². The molecule has 2 heteroatoms. The summed E-state index contributed by atoms with van der Waals surface area (Å²) in [4.78, 5) is 12.9. The minimum Gasteiger partial charge on any atom is -0.327 e. The second-order valence-corrected chi connectivity index (χ2v) is 6.55. The van der Waals surface area contributed by atoms with E-state index in [9.17, 15) is 4.79 Å². The van der Waals surface area contributed by atoms with Crippen molar-refractivity contribution in [3.05, 3.63) is 34.4 Å². The van der Waals surface area contributed by atoms with E-state index in [1.54, 1.807) is 0 Å². The average Bonchev–Trinajstić information content (AvgIpc) is 2.93. The quantitative estimate of drug-likeness (QED) is 0.827. The van der Waals surface area contributed by atoms with Gasteiger partial charge in [-0.3, -0.25) is 4.79 Å². The van der Waals surface area contributed by atoms with Crippen molar-refractivity contribution in [2.24, 2.45) is 23.5 Å². The third-order valence-electron chi connectivity index (χ3n) is 5.39. The molecule has 1 aromatic rings. The lowest BCUT2D eigenvalue weighted by molar-refractivity contribution is 0.0855. The normalized spacial score (nSPS) is 32.8. The molecule has 0 amide bonds. The summed E-state index contributed by atoms with van der Waals surface area (Å²) < 4.78 is 0. The maximum absolute atomic E-state index is 12.9. The summed E-state index contributed by atoms with van der Waals surface area (Å²) in [5, 5.41) is 0. The number of hydrogen-bond acceptors (Lipinski definition) is 2. The molecule has 102 valence electrons. The van der Waals surface area contributed by atoms with Crippen LogP contribution >= 0.6 is 0 Å². The Labute approximate surface area is 115 Å². The minimum absolute atomic E-state index is 0.0690. The van der Waals surface area contributed by atoms with Crippen LogP contribution < -0.4 is 5.73 Å². The summed E-state index contributed by atoms with van der Waals surface area (Å²) in [5.74, 6) is 1.49. The number of nitrogens with two attached hydrogens (primary N) is 1. The molecule has 0 aromatic heterocycles. The molecular formula is C17H23NO. The summed E-state index contributed by atoms with van der Waals surface area (Å²) in [5.41, 5.74) is 10.8. The van der Waals surface area contributed by atoms with E-state index in [1.165, 1.54) is 30.4 Å². The second-order valence-electron chi connectivity index (χ2n) is 6.55. The van der Waals surface area contributed by atoms with Gasteiger partial charge in [0.1, 0.15) is 0 Å². The van der Waals surface area contributed by atoms with Gasteiger partial charge in [0, 0.05) is 17.5 Å². The van der Waals surface area contributed by atoms with Crippen molar-refractivity contribution in [1.29, 1.82) is 0 Å². The van der Waals surface area contributed by atoms with Gasteiger partial charge in [-0.15, -0.1) is 0 Å². The number of hydrogen-bond donors (Lipinski definition) is 1. The number of rotatable bonds is 2. The van der Waals surface area contributed by atoms with Crippen LogP contribution in [-0.2, 0) is 0 Å². The molecule has 0 radical (unpaired) electrons. The maximum atomic E-state index is 12.9. The fraction of sp³-hybridized carbons (Fsp3) is 0.588. The Balaban J connectivity index is 1.95. The summed E-state index contributed by atoms with van der Waals surface area (Å²) in [6.45, 7) is 6.21. The van der Waals surface area contributed by atoms with Gasteiger partial charge in [-0.1, -0.05) is 6.07 Å². The van der Waals surface area contributed by atoms with Crippen LogP contribution in [0.5, 0.6) is 0 Å². The van der Waals surface area contributed by atoms with E-state index in [0.717, 1.165) is 11.1 Å². The van der Waals surface area contributed by atoms with E-state index in [4.69, 9.17) is 5.73 Å². The fourth-order valence-corrected chi connectivity index (χ4v) is 4.13. The first kappa shape index (κ1) is 12.9. The van der Waals surface area contributed by atoms with Crippen molar-refractivity contribution in [1.82, 2.24) is 0 Å². The first-order valence-corrected chi connectivity index (χ1v) is 7.36. The number of carbonyl (C=O) groups is 1. The van der Waals surface area contributed by atoms with Crippen LogP contribution in [0.4, 0.5) is 0 Å². The molecule has 0 saturated heterocycles. The Morgan fingerprint density at radius 2 is 1.68 bits per heavy atom. The highest BCUT2D eigenvalue weighted by Gasteiger charge is 2.49. The Kier molecular flexibility index (Phi) is 3.01. The van der Waals surface area contributed by atoms with Crippen molar-refractivity contribution >= 4 is 5.78 Å². The molecule has 0 spiro atoms. The third kappa shape index (κ3) is 1.93. The lowest BCUT2D eigenvalue weighted by Gasteiger charge is -2.27. The first-order chi connectivity index (χ1) is 8.99. The zero-order valence-electron chi connectivity index (χ0n) is 12.1. The number of carbonyl (C=O) groups excluding carboxylic acids is 1. The molecule has 3 rings (SSSR count). The molecule has 2 fully saturated rings. The van der Waals surface area contributed by atoms with Crippen LogP contribution in [0.2, 0.25) is 0 Å². The summed E-state index contributed by atoms with van der Waals surface area (Å²) in [6, 6.07) is 4.28. The van der Waals surface area contributed by atoms with Crippen LogP contribution in [0.1, 0.15) is 46.3 Å². The van der Waals surface area contributed by atoms with Crippen molar-refractivity contribution in [3.8, 4) is 0 Å². The highest BCUT2D eigenvalue weighted by atomic mass is 16.1. The van der Waals surface area contributed by atoms with E-state index >= 15 is 0 Å². The lowest BCUT2D eigenvalue weighted by atomic mass is 9.79. The van der Waals surface area contributed by atoms with E-state index < -0.39 is 0 Å². The Morgan fingerprint density at radius 3 is 2.32 bits per heavy atom. The molecule has 0 heterocycles. The molecule has 2 saturated carbocycles. The molecule has 4 atom stereocenters.